The normalized spacial score (nSPS) is 19.1. The Labute approximate surface area is 110 Å². The van der Waals surface area contributed by atoms with Gasteiger partial charge in [-0.05, 0) is 0 Å². The number of esters is 1. The van der Waals surface area contributed by atoms with Gasteiger partial charge >= 0.3 is 5.97 Å². The Bertz CT molecular complexity index is 128. The maximum absolute atomic E-state index is 10.6. The van der Waals surface area contributed by atoms with E-state index in [0.29, 0.717) is 0 Å². The quantitative estimate of drug-likeness (QED) is 0.394. The summed E-state index contributed by atoms with van der Waals surface area (Å²) in [6.07, 6.45) is 8.56. The second-order valence-electron chi connectivity index (χ2n) is 2.86. The van der Waals surface area contributed by atoms with Gasteiger partial charge in [0.25, 0.3) is 0 Å². The summed E-state index contributed by atoms with van der Waals surface area (Å²) in [7, 11) is 0. The minimum Gasteiger partial charge on any atom is -0.468 e. The first kappa shape index (κ1) is 12.9. The molecule has 0 unspecified atom stereocenters. The largest absolute Gasteiger partial charge is 0.468 e. The molecule has 0 aromatic carbocycles. The van der Waals surface area contributed by atoms with Crippen molar-refractivity contribution in [3.63, 3.8) is 0 Å². The van der Waals surface area contributed by atoms with Gasteiger partial charge in [-0.3, -0.25) is 4.79 Å². The minimum atomic E-state index is -0.168. The Balaban J connectivity index is 0.00000121. The molecule has 0 N–H and O–H groups in total. The number of carbonyl (C=O) groups excluding carboxylic acids is 1. The minimum absolute atomic E-state index is 0. The van der Waals surface area contributed by atoms with Crippen LogP contribution in [0.25, 0.3) is 0 Å². The van der Waals surface area contributed by atoms with E-state index >= 15 is 0 Å². The van der Waals surface area contributed by atoms with E-state index in [0.717, 1.165) is 25.7 Å². The fourth-order valence-corrected chi connectivity index (χ4v) is 1.27. The molecule has 0 aromatic rings. The van der Waals surface area contributed by atoms with Gasteiger partial charge in [-0.15, -0.1) is 12.8 Å². The zero-order valence-electron chi connectivity index (χ0n) is 7.45. The van der Waals surface area contributed by atoms with Crippen molar-refractivity contribution < 1.29 is 53.6 Å². The zero-order chi connectivity index (χ0) is 8.10. The molecule has 0 amide bonds. The first-order chi connectivity index (χ1) is 5.29. The van der Waals surface area contributed by atoms with Crippen LogP contribution in [0.1, 0.15) is 32.6 Å². The molecule has 0 bridgehead atoms. The van der Waals surface area contributed by atoms with Gasteiger partial charge in [0.1, 0.15) is 0 Å². The van der Waals surface area contributed by atoms with Gasteiger partial charge in [0.05, 0.1) is 0 Å². The number of rotatable bonds is 1. The maximum atomic E-state index is 10.6. The summed E-state index contributed by atoms with van der Waals surface area (Å²) < 4.78 is 5.07. The first-order valence-corrected chi connectivity index (χ1v) is 4.09. The standard InChI is InChI=1S/C9H14O2.Ac/c1-8(10)11-9-6-4-2-3-5-7-9;/h4-5,9H,2-3,6-7H2,1H3;/q-2;. The van der Waals surface area contributed by atoms with Gasteiger partial charge < -0.3 is 17.6 Å². The fourth-order valence-electron chi connectivity index (χ4n) is 1.27. The van der Waals surface area contributed by atoms with Gasteiger partial charge in [0.2, 0.25) is 0 Å². The Hall–Kier alpha value is 0.912. The average Bonchev–Trinajstić information content (AvgIpc) is 2.14. The van der Waals surface area contributed by atoms with Crippen molar-refractivity contribution in [3.8, 4) is 0 Å². The van der Waals surface area contributed by atoms with E-state index in [1.807, 2.05) is 0 Å². The van der Waals surface area contributed by atoms with E-state index in [2.05, 4.69) is 12.8 Å². The van der Waals surface area contributed by atoms with Crippen molar-refractivity contribution in [1.29, 1.82) is 0 Å². The van der Waals surface area contributed by atoms with Crippen LogP contribution < -0.4 is 0 Å². The van der Waals surface area contributed by atoms with Gasteiger partial charge in [-0.25, -0.2) is 12.8 Å². The van der Waals surface area contributed by atoms with E-state index in [-0.39, 0.29) is 56.1 Å². The van der Waals surface area contributed by atoms with Gasteiger partial charge in [0.15, 0.2) is 0 Å². The van der Waals surface area contributed by atoms with Crippen molar-refractivity contribution in [1.82, 2.24) is 0 Å². The summed E-state index contributed by atoms with van der Waals surface area (Å²) in [6.45, 7) is 1.46. The van der Waals surface area contributed by atoms with Gasteiger partial charge in [-0.1, -0.05) is 0 Å². The Morgan fingerprint density at radius 1 is 1.33 bits per heavy atom. The topological polar surface area (TPSA) is 26.3 Å². The molecular formula is C9H14AcO2-2. The van der Waals surface area contributed by atoms with Crippen LogP contribution in [0.5, 0.6) is 0 Å². The van der Waals surface area contributed by atoms with Crippen molar-refractivity contribution in [2.45, 2.75) is 38.7 Å². The molecule has 1 aliphatic rings. The molecule has 1 radical (unpaired) electrons. The molecule has 12 heavy (non-hydrogen) atoms. The summed E-state index contributed by atoms with van der Waals surface area (Å²) in [6, 6.07) is 0. The van der Waals surface area contributed by atoms with Crippen molar-refractivity contribution in [2.75, 3.05) is 0 Å². The van der Waals surface area contributed by atoms with Crippen LogP contribution in [0.2, 0.25) is 0 Å². The molecule has 0 saturated heterocycles. The van der Waals surface area contributed by atoms with E-state index in [9.17, 15) is 4.79 Å². The molecule has 0 aromatic heterocycles. The van der Waals surface area contributed by atoms with Crippen LogP contribution in [0.4, 0.5) is 0 Å². The van der Waals surface area contributed by atoms with Crippen LogP contribution >= 0.6 is 0 Å². The second kappa shape index (κ2) is 7.33. The van der Waals surface area contributed by atoms with E-state index < -0.39 is 0 Å². The predicted molar refractivity (Wildman–Crippen MR) is 42.6 cm³/mol. The Morgan fingerprint density at radius 3 is 2.25 bits per heavy atom. The molecule has 0 atom stereocenters. The number of ether oxygens (including phenoxy) is 1. The molecular weight excluding hydrogens is 367 g/mol. The molecule has 1 fully saturated rings. The molecule has 3 heteroatoms. The maximum Gasteiger partial charge on any atom is 0.302 e. The van der Waals surface area contributed by atoms with Crippen LogP contribution in [0.15, 0.2) is 0 Å². The molecule has 2 nitrogen and oxygen atoms in total. The Kier molecular flexibility index (Phi) is 7.88. The van der Waals surface area contributed by atoms with Crippen molar-refractivity contribution in [3.05, 3.63) is 12.8 Å². The van der Waals surface area contributed by atoms with Gasteiger partial charge in [-0.2, -0.15) is 0 Å². The average molecular weight is 381 g/mol. The number of hydrogen-bond acceptors (Lipinski definition) is 2. The second-order valence-corrected chi connectivity index (χ2v) is 2.86. The molecule has 67 valence electrons. The SMILES string of the molecule is CC(=O)OC1C[CH-]CC[CH-]C1.[Ac]. The zero-order valence-corrected chi connectivity index (χ0v) is 12.2. The predicted octanol–water partition coefficient (Wildman–Crippen LogP) is 1.90. The molecule has 0 heterocycles. The fraction of sp³-hybridized carbons (Fsp3) is 0.667. The molecule has 1 saturated carbocycles. The van der Waals surface area contributed by atoms with Gasteiger partial charge in [0, 0.05) is 57.1 Å². The molecule has 1 aliphatic carbocycles. The van der Waals surface area contributed by atoms with E-state index in [1.54, 1.807) is 0 Å². The van der Waals surface area contributed by atoms with Crippen LogP contribution in [-0.4, -0.2) is 12.1 Å². The van der Waals surface area contributed by atoms with E-state index in [1.165, 1.54) is 6.92 Å². The summed E-state index contributed by atoms with van der Waals surface area (Å²) in [5.74, 6) is -0.168. The summed E-state index contributed by atoms with van der Waals surface area (Å²) in [4.78, 5) is 10.6. The first-order valence-electron chi connectivity index (χ1n) is 4.09. The summed E-state index contributed by atoms with van der Waals surface area (Å²) >= 11 is 0. The molecule has 1 rings (SSSR count). The van der Waals surface area contributed by atoms with Crippen molar-refractivity contribution in [2.24, 2.45) is 0 Å². The third-order valence-electron chi connectivity index (χ3n) is 1.77. The monoisotopic (exact) mass is 381 g/mol. The third-order valence-corrected chi connectivity index (χ3v) is 1.77. The number of hydrogen-bond donors (Lipinski definition) is 0. The van der Waals surface area contributed by atoms with Crippen LogP contribution in [0.3, 0.4) is 0 Å². The molecule has 0 spiro atoms. The van der Waals surface area contributed by atoms with E-state index in [4.69, 9.17) is 4.74 Å². The third kappa shape index (κ3) is 5.54. The summed E-state index contributed by atoms with van der Waals surface area (Å²) in [5.41, 5.74) is 0. The van der Waals surface area contributed by atoms with Crippen LogP contribution in [0, 0.1) is 56.9 Å². The number of carbonyl (C=O) groups is 1. The Morgan fingerprint density at radius 2 is 1.83 bits per heavy atom. The molecule has 0 aliphatic heterocycles. The van der Waals surface area contributed by atoms with Crippen molar-refractivity contribution >= 4 is 5.97 Å². The smallest absolute Gasteiger partial charge is 0.302 e. The van der Waals surface area contributed by atoms with Crippen LogP contribution in [-0.2, 0) is 9.53 Å². The summed E-state index contributed by atoms with van der Waals surface area (Å²) in [5, 5.41) is 0.